The number of rotatable bonds is 6. The topological polar surface area (TPSA) is 110 Å². The van der Waals surface area contributed by atoms with E-state index in [9.17, 15) is 4.57 Å². The Morgan fingerprint density at radius 2 is 2.04 bits per heavy atom. The van der Waals surface area contributed by atoms with Crippen LogP contribution in [0.3, 0.4) is 0 Å². The summed E-state index contributed by atoms with van der Waals surface area (Å²) in [7, 11) is -4.16. The van der Waals surface area contributed by atoms with Crippen molar-refractivity contribution in [3.8, 4) is 0 Å². The highest BCUT2D eigenvalue weighted by atomic mass is 31.2. The molecule has 9 heteroatoms. The molecule has 1 saturated carbocycles. The third-order valence-electron chi connectivity index (χ3n) is 4.40. The summed E-state index contributed by atoms with van der Waals surface area (Å²) in [5.41, 5.74) is 2.59. The summed E-state index contributed by atoms with van der Waals surface area (Å²) in [5, 5.41) is 0. The van der Waals surface area contributed by atoms with E-state index in [1.165, 1.54) is 19.3 Å². The Balaban J connectivity index is 1.77. The summed E-state index contributed by atoms with van der Waals surface area (Å²) in [4.78, 5) is 31.1. The summed E-state index contributed by atoms with van der Waals surface area (Å²) in [6.07, 6.45) is 8.35. The molecule has 0 radical (unpaired) electrons. The van der Waals surface area contributed by atoms with Crippen LogP contribution in [-0.2, 0) is 15.8 Å². The smallest absolute Gasteiger partial charge is 0.350 e. The van der Waals surface area contributed by atoms with Gasteiger partial charge in [0, 0.05) is 5.92 Å². The predicted octanol–water partition coefficient (Wildman–Crippen LogP) is 2.41. The maximum Gasteiger partial charge on any atom is 0.350 e. The molecule has 1 fully saturated rings. The van der Waals surface area contributed by atoms with Crippen molar-refractivity contribution >= 4 is 18.8 Å². The predicted molar refractivity (Wildman–Crippen MR) is 88.6 cm³/mol. The van der Waals surface area contributed by atoms with Gasteiger partial charge in [-0.15, -0.1) is 0 Å². The highest BCUT2D eigenvalue weighted by Gasteiger charge is 2.22. The van der Waals surface area contributed by atoms with Crippen LogP contribution in [0.2, 0.25) is 0 Å². The molecule has 1 aliphatic rings. The summed E-state index contributed by atoms with van der Waals surface area (Å²) in [6.45, 7) is 2.20. The molecule has 2 N–H and O–H groups in total. The minimum atomic E-state index is -4.16. The number of nitrogens with zero attached hydrogens (tertiary/aromatic N) is 4. The zero-order valence-corrected chi connectivity index (χ0v) is 14.6. The molecule has 1 aliphatic carbocycles. The van der Waals surface area contributed by atoms with Crippen molar-refractivity contribution < 1.29 is 19.1 Å². The molecule has 0 unspecified atom stereocenters. The van der Waals surface area contributed by atoms with Gasteiger partial charge in [0.1, 0.15) is 18.2 Å². The Morgan fingerprint density at radius 3 is 2.75 bits per heavy atom. The van der Waals surface area contributed by atoms with Gasteiger partial charge in [0.05, 0.1) is 24.7 Å². The lowest BCUT2D eigenvalue weighted by Gasteiger charge is -2.21. The standard InChI is InChI=1S/C15H23N4O4P/c1-11(23-10-24(20,21)22)7-19-9-18-14-13(16-8-17-15(14)19)12-5-3-2-4-6-12/h8-9,11-12H,2-7,10H2,1H3,(H2,20,21,22)/t11-/m1/s1. The lowest BCUT2D eigenvalue weighted by atomic mass is 9.86. The number of hydrogen-bond acceptors (Lipinski definition) is 5. The zero-order chi connectivity index (χ0) is 17.2. The van der Waals surface area contributed by atoms with E-state index in [0.717, 1.165) is 29.7 Å². The van der Waals surface area contributed by atoms with Crippen LogP contribution in [0.1, 0.15) is 50.6 Å². The van der Waals surface area contributed by atoms with E-state index in [4.69, 9.17) is 14.5 Å². The van der Waals surface area contributed by atoms with E-state index in [1.807, 2.05) is 4.57 Å². The first-order valence-electron chi connectivity index (χ1n) is 8.26. The lowest BCUT2D eigenvalue weighted by Crippen LogP contribution is -2.17. The first-order chi connectivity index (χ1) is 11.4. The second kappa shape index (κ2) is 7.27. The average Bonchev–Trinajstić information content (AvgIpc) is 2.96. The maximum absolute atomic E-state index is 10.9. The minimum Gasteiger partial charge on any atom is -0.364 e. The molecular formula is C15H23N4O4P. The highest BCUT2D eigenvalue weighted by molar-refractivity contribution is 7.51. The third-order valence-corrected chi connectivity index (χ3v) is 4.89. The van der Waals surface area contributed by atoms with Gasteiger partial charge in [0.25, 0.3) is 0 Å². The number of fused-ring (bicyclic) bond motifs is 1. The molecule has 0 amide bonds. The van der Waals surface area contributed by atoms with Crippen molar-refractivity contribution in [3.05, 3.63) is 18.3 Å². The van der Waals surface area contributed by atoms with Crippen molar-refractivity contribution in [2.45, 2.75) is 57.6 Å². The van der Waals surface area contributed by atoms with Crippen molar-refractivity contribution in [1.29, 1.82) is 0 Å². The Hall–Kier alpha value is -1.34. The fraction of sp³-hybridized carbons (Fsp3) is 0.667. The number of imidazole rings is 1. The van der Waals surface area contributed by atoms with Gasteiger partial charge in [-0.1, -0.05) is 19.3 Å². The van der Waals surface area contributed by atoms with Crippen LogP contribution in [0, 0.1) is 0 Å². The van der Waals surface area contributed by atoms with Crippen molar-refractivity contribution in [1.82, 2.24) is 19.5 Å². The SMILES string of the molecule is C[C@H](Cn1cnc2c(C3CCCCC3)ncnc21)OCP(=O)(O)O. The molecule has 2 aromatic rings. The van der Waals surface area contributed by atoms with Crippen molar-refractivity contribution in [3.63, 3.8) is 0 Å². The van der Waals surface area contributed by atoms with E-state index >= 15 is 0 Å². The molecule has 0 bridgehead atoms. The first kappa shape index (κ1) is 17.5. The fourth-order valence-electron chi connectivity index (χ4n) is 3.26. The molecular weight excluding hydrogens is 331 g/mol. The fourth-order valence-corrected chi connectivity index (χ4v) is 3.71. The molecule has 1 atom stereocenters. The lowest BCUT2D eigenvalue weighted by molar-refractivity contribution is 0.0764. The molecule has 0 aliphatic heterocycles. The number of aromatic nitrogens is 4. The quantitative estimate of drug-likeness (QED) is 0.766. The average molecular weight is 354 g/mol. The van der Waals surface area contributed by atoms with Gasteiger partial charge in [-0.05, 0) is 19.8 Å². The molecule has 0 aromatic carbocycles. The van der Waals surface area contributed by atoms with Crippen LogP contribution in [0.4, 0.5) is 0 Å². The number of ether oxygens (including phenoxy) is 1. The summed E-state index contributed by atoms with van der Waals surface area (Å²) < 4.78 is 18.0. The van der Waals surface area contributed by atoms with Crippen LogP contribution in [0.25, 0.3) is 11.2 Å². The summed E-state index contributed by atoms with van der Waals surface area (Å²) >= 11 is 0. The molecule has 8 nitrogen and oxygen atoms in total. The normalized spacial score (nSPS) is 18.1. The molecule has 0 spiro atoms. The van der Waals surface area contributed by atoms with Gasteiger partial charge in [-0.2, -0.15) is 0 Å². The van der Waals surface area contributed by atoms with Crippen molar-refractivity contribution in [2.24, 2.45) is 0 Å². The Morgan fingerprint density at radius 1 is 1.29 bits per heavy atom. The molecule has 2 aromatic heterocycles. The summed E-state index contributed by atoms with van der Waals surface area (Å²) in [6, 6.07) is 0. The molecule has 132 valence electrons. The van der Waals surface area contributed by atoms with Crippen LogP contribution in [-0.4, -0.2) is 41.8 Å². The van der Waals surface area contributed by atoms with E-state index in [-0.39, 0.29) is 6.10 Å². The maximum atomic E-state index is 10.9. The second-order valence-electron chi connectivity index (χ2n) is 6.43. The zero-order valence-electron chi connectivity index (χ0n) is 13.7. The second-order valence-corrected chi connectivity index (χ2v) is 8.02. The van der Waals surface area contributed by atoms with Crippen LogP contribution >= 0.6 is 7.60 Å². The van der Waals surface area contributed by atoms with Gasteiger partial charge in [-0.3, -0.25) is 4.57 Å². The first-order valence-corrected chi connectivity index (χ1v) is 10.1. The Bertz CT molecular complexity index is 738. The minimum absolute atomic E-state index is 0.358. The van der Waals surface area contributed by atoms with Crippen molar-refractivity contribution in [2.75, 3.05) is 6.35 Å². The molecule has 0 saturated heterocycles. The van der Waals surface area contributed by atoms with Gasteiger partial charge in [0.15, 0.2) is 5.65 Å². The van der Waals surface area contributed by atoms with Crippen LogP contribution in [0.15, 0.2) is 12.7 Å². The van der Waals surface area contributed by atoms with Gasteiger partial charge in [0.2, 0.25) is 0 Å². The van der Waals surface area contributed by atoms with Gasteiger partial charge in [-0.25, -0.2) is 15.0 Å². The molecule has 2 heterocycles. The van der Waals surface area contributed by atoms with Crippen LogP contribution in [0.5, 0.6) is 0 Å². The Kier molecular flexibility index (Phi) is 5.30. The third kappa shape index (κ3) is 4.19. The largest absolute Gasteiger partial charge is 0.364 e. The monoisotopic (exact) mass is 354 g/mol. The Labute approximate surface area is 140 Å². The molecule has 24 heavy (non-hydrogen) atoms. The molecule has 3 rings (SSSR count). The van der Waals surface area contributed by atoms with Gasteiger partial charge < -0.3 is 19.1 Å². The van der Waals surface area contributed by atoms with Gasteiger partial charge >= 0.3 is 7.60 Å². The number of hydrogen-bond donors (Lipinski definition) is 2. The summed E-state index contributed by atoms with van der Waals surface area (Å²) in [5.74, 6) is 0.441. The highest BCUT2D eigenvalue weighted by Crippen LogP contribution is 2.35. The van der Waals surface area contributed by atoms with E-state index in [1.54, 1.807) is 19.6 Å². The van der Waals surface area contributed by atoms with Crippen LogP contribution < -0.4 is 0 Å². The van der Waals surface area contributed by atoms with E-state index < -0.39 is 13.9 Å². The van der Waals surface area contributed by atoms with E-state index in [0.29, 0.717) is 12.5 Å². The van der Waals surface area contributed by atoms with E-state index in [2.05, 4.69) is 15.0 Å².